The van der Waals surface area contributed by atoms with Crippen LogP contribution in [0.25, 0.3) is 0 Å². The first-order chi connectivity index (χ1) is 6.54. The fourth-order valence-corrected chi connectivity index (χ4v) is 2.12. The van der Waals surface area contributed by atoms with E-state index in [4.69, 9.17) is 4.74 Å². The molecular weight excluding hydrogens is 176 g/mol. The van der Waals surface area contributed by atoms with Crippen LogP contribution in [-0.4, -0.2) is 12.1 Å². The van der Waals surface area contributed by atoms with Crippen LogP contribution < -0.4 is 0 Å². The molecule has 0 amide bonds. The molecule has 0 aromatic carbocycles. The van der Waals surface area contributed by atoms with Crippen LogP contribution in [0.1, 0.15) is 47.0 Å². The van der Waals surface area contributed by atoms with Crippen molar-refractivity contribution < 1.29 is 9.53 Å². The second-order valence-electron chi connectivity index (χ2n) is 4.85. The fraction of sp³-hybridized carbons (Fsp3) is 0.917. The Labute approximate surface area is 87.0 Å². The Kier molecular flexibility index (Phi) is 3.97. The summed E-state index contributed by atoms with van der Waals surface area (Å²) in [6.45, 7) is 8.18. The third kappa shape index (κ3) is 2.73. The van der Waals surface area contributed by atoms with Crippen LogP contribution in [-0.2, 0) is 9.53 Å². The molecule has 1 saturated carbocycles. The van der Waals surface area contributed by atoms with E-state index >= 15 is 0 Å². The number of rotatable bonds is 3. The van der Waals surface area contributed by atoms with Crippen molar-refractivity contribution in [2.24, 2.45) is 17.8 Å². The second-order valence-corrected chi connectivity index (χ2v) is 4.85. The van der Waals surface area contributed by atoms with Gasteiger partial charge >= 0.3 is 5.97 Å². The summed E-state index contributed by atoms with van der Waals surface area (Å²) < 4.78 is 5.48. The minimum atomic E-state index is -0.0430. The number of hydrogen-bond acceptors (Lipinski definition) is 2. The van der Waals surface area contributed by atoms with Crippen molar-refractivity contribution in [1.82, 2.24) is 0 Å². The smallest absolute Gasteiger partial charge is 0.308 e. The molecule has 3 unspecified atom stereocenters. The van der Waals surface area contributed by atoms with Gasteiger partial charge in [0.2, 0.25) is 0 Å². The van der Waals surface area contributed by atoms with E-state index in [1.54, 1.807) is 0 Å². The van der Waals surface area contributed by atoms with Gasteiger partial charge in [-0.15, -0.1) is 0 Å². The monoisotopic (exact) mass is 198 g/mol. The predicted molar refractivity (Wildman–Crippen MR) is 56.9 cm³/mol. The maximum absolute atomic E-state index is 11.4. The Hall–Kier alpha value is -0.530. The zero-order valence-electron chi connectivity index (χ0n) is 9.75. The minimum absolute atomic E-state index is 0.00266. The molecule has 0 N–H and O–H groups in total. The molecule has 3 atom stereocenters. The van der Waals surface area contributed by atoms with E-state index in [1.165, 1.54) is 12.8 Å². The molecule has 82 valence electrons. The molecule has 0 spiro atoms. The number of esters is 1. The van der Waals surface area contributed by atoms with Crippen molar-refractivity contribution in [2.75, 3.05) is 0 Å². The van der Waals surface area contributed by atoms with E-state index in [-0.39, 0.29) is 18.0 Å². The molecule has 1 fully saturated rings. The summed E-state index contributed by atoms with van der Waals surface area (Å²) in [6.07, 6.45) is 3.66. The highest BCUT2D eigenvalue weighted by molar-refractivity contribution is 5.71. The highest BCUT2D eigenvalue weighted by Crippen LogP contribution is 2.35. The van der Waals surface area contributed by atoms with Gasteiger partial charge in [0, 0.05) is 0 Å². The summed E-state index contributed by atoms with van der Waals surface area (Å²) in [4.78, 5) is 11.4. The summed E-state index contributed by atoms with van der Waals surface area (Å²) in [6, 6.07) is 0. The molecule has 0 aromatic heterocycles. The summed E-state index contributed by atoms with van der Waals surface area (Å²) >= 11 is 0. The van der Waals surface area contributed by atoms with Crippen molar-refractivity contribution in [1.29, 1.82) is 0 Å². The van der Waals surface area contributed by atoms with Crippen LogP contribution >= 0.6 is 0 Å². The summed E-state index contributed by atoms with van der Waals surface area (Å²) in [7, 11) is 0. The first-order valence-electron chi connectivity index (χ1n) is 5.75. The van der Waals surface area contributed by atoms with Gasteiger partial charge in [-0.25, -0.2) is 0 Å². The Morgan fingerprint density at radius 1 is 1.43 bits per heavy atom. The summed E-state index contributed by atoms with van der Waals surface area (Å²) in [5.41, 5.74) is 0. The lowest BCUT2D eigenvalue weighted by atomic mass is 10.0. The van der Waals surface area contributed by atoms with Crippen LogP contribution in [0.2, 0.25) is 0 Å². The third-order valence-corrected chi connectivity index (χ3v) is 3.22. The van der Waals surface area contributed by atoms with E-state index < -0.39 is 0 Å². The molecule has 14 heavy (non-hydrogen) atoms. The van der Waals surface area contributed by atoms with Gasteiger partial charge < -0.3 is 4.74 Å². The molecule has 0 aromatic rings. The Bertz CT molecular complexity index is 198. The van der Waals surface area contributed by atoms with E-state index in [1.807, 2.05) is 13.8 Å². The van der Waals surface area contributed by atoms with Crippen LogP contribution in [0.5, 0.6) is 0 Å². The maximum Gasteiger partial charge on any atom is 0.308 e. The van der Waals surface area contributed by atoms with Crippen molar-refractivity contribution >= 4 is 5.97 Å². The number of carbonyl (C=O) groups excluding carboxylic acids is 1. The largest absolute Gasteiger partial charge is 0.462 e. The summed E-state index contributed by atoms with van der Waals surface area (Å²) in [5, 5.41) is 0. The van der Waals surface area contributed by atoms with Gasteiger partial charge in [-0.2, -0.15) is 0 Å². The molecule has 1 aliphatic carbocycles. The molecule has 1 rings (SSSR count). The van der Waals surface area contributed by atoms with Gasteiger partial charge in [-0.3, -0.25) is 4.79 Å². The number of carbonyl (C=O) groups is 1. The molecule has 0 heterocycles. The maximum atomic E-state index is 11.4. The number of hydrogen-bond donors (Lipinski definition) is 0. The molecule has 0 aliphatic heterocycles. The highest BCUT2D eigenvalue weighted by atomic mass is 16.5. The van der Waals surface area contributed by atoms with Gasteiger partial charge in [0.25, 0.3) is 0 Å². The Balaban J connectivity index is 2.42. The number of ether oxygens (including phenoxy) is 1. The van der Waals surface area contributed by atoms with Crippen molar-refractivity contribution in [3.05, 3.63) is 0 Å². The van der Waals surface area contributed by atoms with Crippen LogP contribution in [0.3, 0.4) is 0 Å². The SMILES string of the molecule is CCC1CC(C)C(OC(=O)C(C)C)C1. The van der Waals surface area contributed by atoms with E-state index in [0.29, 0.717) is 5.92 Å². The molecule has 0 radical (unpaired) electrons. The van der Waals surface area contributed by atoms with Crippen molar-refractivity contribution in [3.8, 4) is 0 Å². The molecule has 2 nitrogen and oxygen atoms in total. The van der Waals surface area contributed by atoms with Crippen LogP contribution in [0.15, 0.2) is 0 Å². The van der Waals surface area contributed by atoms with Gasteiger partial charge in [0.1, 0.15) is 6.10 Å². The quantitative estimate of drug-likeness (QED) is 0.652. The van der Waals surface area contributed by atoms with Crippen LogP contribution in [0.4, 0.5) is 0 Å². The standard InChI is InChI=1S/C12H22O2/c1-5-10-6-9(4)11(7-10)14-12(13)8(2)3/h8-11H,5-7H2,1-4H3. The molecular formula is C12H22O2. The zero-order valence-corrected chi connectivity index (χ0v) is 9.75. The zero-order chi connectivity index (χ0) is 10.7. The summed E-state index contributed by atoms with van der Waals surface area (Å²) in [5.74, 6) is 1.26. The minimum Gasteiger partial charge on any atom is -0.462 e. The average molecular weight is 198 g/mol. The normalized spacial score (nSPS) is 32.2. The predicted octanol–water partition coefficient (Wildman–Crippen LogP) is 3.01. The van der Waals surface area contributed by atoms with Gasteiger partial charge in [0.15, 0.2) is 0 Å². The van der Waals surface area contributed by atoms with Gasteiger partial charge in [-0.05, 0) is 24.7 Å². The van der Waals surface area contributed by atoms with Crippen LogP contribution in [0, 0.1) is 17.8 Å². The van der Waals surface area contributed by atoms with Gasteiger partial charge in [0.05, 0.1) is 5.92 Å². The molecule has 0 bridgehead atoms. The van der Waals surface area contributed by atoms with Crippen molar-refractivity contribution in [3.63, 3.8) is 0 Å². The first-order valence-corrected chi connectivity index (χ1v) is 5.75. The lowest BCUT2D eigenvalue weighted by Gasteiger charge is -2.17. The molecule has 1 aliphatic rings. The topological polar surface area (TPSA) is 26.3 Å². The van der Waals surface area contributed by atoms with E-state index in [9.17, 15) is 4.79 Å². The van der Waals surface area contributed by atoms with E-state index in [2.05, 4.69) is 13.8 Å². The third-order valence-electron chi connectivity index (χ3n) is 3.22. The highest BCUT2D eigenvalue weighted by Gasteiger charge is 2.33. The van der Waals surface area contributed by atoms with Crippen molar-refractivity contribution in [2.45, 2.75) is 53.1 Å². The lowest BCUT2D eigenvalue weighted by Crippen LogP contribution is -2.23. The molecule has 0 saturated heterocycles. The Morgan fingerprint density at radius 3 is 2.50 bits per heavy atom. The van der Waals surface area contributed by atoms with Gasteiger partial charge in [-0.1, -0.05) is 34.1 Å². The Morgan fingerprint density at radius 2 is 2.07 bits per heavy atom. The fourth-order valence-electron chi connectivity index (χ4n) is 2.12. The lowest BCUT2D eigenvalue weighted by molar-refractivity contribution is -0.154. The second kappa shape index (κ2) is 4.81. The molecule has 2 heteroatoms. The first kappa shape index (κ1) is 11.5. The average Bonchev–Trinajstić information content (AvgIpc) is 2.47. The van der Waals surface area contributed by atoms with E-state index in [0.717, 1.165) is 12.3 Å².